The maximum absolute atomic E-state index is 11.5. The molecule has 0 radical (unpaired) electrons. The van der Waals surface area contributed by atoms with Gasteiger partial charge in [0.2, 0.25) is 0 Å². The summed E-state index contributed by atoms with van der Waals surface area (Å²) in [6.45, 7) is 3.06. The first kappa shape index (κ1) is 12.8. The minimum atomic E-state index is 0.442. The lowest BCUT2D eigenvalue weighted by atomic mass is 9.81. The fraction of sp³-hybridized carbons (Fsp3) is 0.786. The molecular weight excluding hydrogens is 214 g/mol. The number of methoxy groups -OCH3 is 1. The van der Waals surface area contributed by atoms with E-state index in [1.54, 1.807) is 7.11 Å². The summed E-state index contributed by atoms with van der Waals surface area (Å²) in [5.74, 6) is 0.921. The van der Waals surface area contributed by atoms with Crippen molar-refractivity contribution in [2.75, 3.05) is 26.8 Å². The number of unbranched alkanes of at least 4 members (excludes halogenated alkanes) is 1. The molecule has 17 heavy (non-hydrogen) atoms. The Kier molecular flexibility index (Phi) is 4.75. The van der Waals surface area contributed by atoms with Gasteiger partial charge in [0.1, 0.15) is 5.78 Å². The highest BCUT2D eigenvalue weighted by molar-refractivity contribution is 5.79. The maximum Gasteiger partial charge on any atom is 0.133 e. The van der Waals surface area contributed by atoms with Gasteiger partial charge in [-0.1, -0.05) is 12.2 Å². The van der Waals surface area contributed by atoms with Crippen molar-refractivity contribution in [1.29, 1.82) is 0 Å². The zero-order valence-corrected chi connectivity index (χ0v) is 10.7. The minimum absolute atomic E-state index is 0.442. The van der Waals surface area contributed by atoms with E-state index >= 15 is 0 Å². The SMILES string of the molecule is COCCCCN1CC=C[C@H]2CC(=O)CC[C@@H]21. The van der Waals surface area contributed by atoms with Gasteiger partial charge in [-0.25, -0.2) is 0 Å². The Balaban J connectivity index is 1.82. The average Bonchev–Trinajstić information content (AvgIpc) is 2.34. The van der Waals surface area contributed by atoms with Crippen LogP contribution in [0.4, 0.5) is 0 Å². The summed E-state index contributed by atoms with van der Waals surface area (Å²) in [7, 11) is 1.76. The number of rotatable bonds is 5. The zero-order chi connectivity index (χ0) is 12.1. The van der Waals surface area contributed by atoms with E-state index in [4.69, 9.17) is 4.74 Å². The molecule has 0 N–H and O–H groups in total. The van der Waals surface area contributed by atoms with Crippen molar-refractivity contribution in [3.63, 3.8) is 0 Å². The second kappa shape index (κ2) is 6.31. The summed E-state index contributed by atoms with van der Waals surface area (Å²) in [6.07, 6.45) is 9.41. The van der Waals surface area contributed by atoms with Gasteiger partial charge in [-0.15, -0.1) is 0 Å². The van der Waals surface area contributed by atoms with Crippen molar-refractivity contribution in [2.45, 2.75) is 38.1 Å². The summed E-state index contributed by atoms with van der Waals surface area (Å²) >= 11 is 0. The molecule has 1 heterocycles. The van der Waals surface area contributed by atoms with Crippen molar-refractivity contribution in [1.82, 2.24) is 4.90 Å². The molecule has 2 atom stereocenters. The van der Waals surface area contributed by atoms with Crippen LogP contribution < -0.4 is 0 Å². The van der Waals surface area contributed by atoms with Crippen molar-refractivity contribution < 1.29 is 9.53 Å². The molecule has 2 rings (SSSR count). The van der Waals surface area contributed by atoms with Gasteiger partial charge in [-0.3, -0.25) is 9.69 Å². The molecule has 0 aromatic carbocycles. The molecule has 0 aromatic rings. The molecule has 0 bridgehead atoms. The van der Waals surface area contributed by atoms with Gasteiger partial charge in [0.05, 0.1) is 0 Å². The molecule has 3 nitrogen and oxygen atoms in total. The highest BCUT2D eigenvalue weighted by Crippen LogP contribution is 2.30. The zero-order valence-electron chi connectivity index (χ0n) is 10.7. The van der Waals surface area contributed by atoms with E-state index in [0.717, 1.165) is 45.4 Å². The molecule has 0 amide bonds. The number of nitrogens with zero attached hydrogens (tertiary/aromatic N) is 1. The lowest BCUT2D eigenvalue weighted by molar-refractivity contribution is -0.122. The van der Waals surface area contributed by atoms with E-state index in [0.29, 0.717) is 17.7 Å². The molecule has 1 aliphatic carbocycles. The van der Waals surface area contributed by atoms with E-state index in [1.807, 2.05) is 0 Å². The quantitative estimate of drug-likeness (QED) is 0.541. The highest BCUT2D eigenvalue weighted by Gasteiger charge is 2.33. The van der Waals surface area contributed by atoms with Gasteiger partial charge in [-0.05, 0) is 31.7 Å². The Morgan fingerprint density at radius 1 is 1.47 bits per heavy atom. The second-order valence-corrected chi connectivity index (χ2v) is 5.14. The Labute approximate surface area is 104 Å². The van der Waals surface area contributed by atoms with E-state index in [-0.39, 0.29) is 0 Å². The average molecular weight is 237 g/mol. The van der Waals surface area contributed by atoms with E-state index in [9.17, 15) is 4.79 Å². The first-order valence-corrected chi connectivity index (χ1v) is 6.72. The molecule has 1 saturated carbocycles. The Morgan fingerprint density at radius 3 is 3.18 bits per heavy atom. The number of ketones is 1. The fourth-order valence-electron chi connectivity index (χ4n) is 3.00. The van der Waals surface area contributed by atoms with E-state index in [1.165, 1.54) is 6.42 Å². The number of hydrogen-bond acceptors (Lipinski definition) is 3. The summed E-state index contributed by atoms with van der Waals surface area (Å²) in [4.78, 5) is 14.0. The molecule has 0 aromatic heterocycles. The second-order valence-electron chi connectivity index (χ2n) is 5.14. The van der Waals surface area contributed by atoms with Gasteiger partial charge in [0.25, 0.3) is 0 Å². The van der Waals surface area contributed by atoms with Crippen molar-refractivity contribution >= 4 is 5.78 Å². The van der Waals surface area contributed by atoms with Crippen LogP contribution in [0, 0.1) is 5.92 Å². The van der Waals surface area contributed by atoms with Gasteiger partial charge < -0.3 is 4.74 Å². The smallest absolute Gasteiger partial charge is 0.133 e. The van der Waals surface area contributed by atoms with Crippen LogP contribution >= 0.6 is 0 Å². The molecular formula is C14H23NO2. The van der Waals surface area contributed by atoms with Crippen LogP contribution in [-0.4, -0.2) is 43.5 Å². The third-order valence-electron chi connectivity index (χ3n) is 3.91. The molecule has 1 fully saturated rings. The van der Waals surface area contributed by atoms with Crippen LogP contribution in [0.2, 0.25) is 0 Å². The largest absolute Gasteiger partial charge is 0.385 e. The van der Waals surface area contributed by atoms with Crippen LogP contribution in [0.5, 0.6) is 0 Å². The number of Topliss-reactive ketones (excluding diaryl/α,β-unsaturated/α-hetero) is 1. The molecule has 0 unspecified atom stereocenters. The monoisotopic (exact) mass is 237 g/mol. The normalized spacial score (nSPS) is 29.4. The molecule has 0 spiro atoms. The molecule has 2 aliphatic rings. The fourth-order valence-corrected chi connectivity index (χ4v) is 3.00. The summed E-state index contributed by atoms with van der Waals surface area (Å²) in [6, 6.07) is 0.611. The van der Waals surface area contributed by atoms with Gasteiger partial charge in [0, 0.05) is 39.1 Å². The maximum atomic E-state index is 11.5. The van der Waals surface area contributed by atoms with Crippen LogP contribution in [0.1, 0.15) is 32.1 Å². The number of fused-ring (bicyclic) bond motifs is 1. The predicted octanol–water partition coefficient (Wildman–Crippen LogP) is 2.02. The lowest BCUT2D eigenvalue weighted by Crippen LogP contribution is -2.46. The predicted molar refractivity (Wildman–Crippen MR) is 68.0 cm³/mol. The Hall–Kier alpha value is -0.670. The summed E-state index contributed by atoms with van der Waals surface area (Å²) in [5.41, 5.74) is 0. The summed E-state index contributed by atoms with van der Waals surface area (Å²) < 4.78 is 5.07. The number of carbonyl (C=O) groups excluding carboxylic acids is 1. The van der Waals surface area contributed by atoms with Gasteiger partial charge in [-0.2, -0.15) is 0 Å². The standard InChI is InChI=1S/C14H23NO2/c1-17-10-3-2-8-15-9-4-5-12-11-13(16)6-7-14(12)15/h4-5,12,14H,2-3,6-11H2,1H3/t12-,14-/m0/s1. The van der Waals surface area contributed by atoms with Gasteiger partial charge in [0.15, 0.2) is 0 Å². The van der Waals surface area contributed by atoms with Crippen LogP contribution in [0.15, 0.2) is 12.2 Å². The van der Waals surface area contributed by atoms with Gasteiger partial charge >= 0.3 is 0 Å². The molecule has 0 saturated heterocycles. The van der Waals surface area contributed by atoms with Crippen LogP contribution in [0.3, 0.4) is 0 Å². The van der Waals surface area contributed by atoms with Crippen LogP contribution in [-0.2, 0) is 9.53 Å². The number of hydrogen-bond donors (Lipinski definition) is 0. The first-order valence-electron chi connectivity index (χ1n) is 6.72. The Bertz CT molecular complexity index is 288. The van der Waals surface area contributed by atoms with Crippen molar-refractivity contribution in [3.05, 3.63) is 12.2 Å². The third-order valence-corrected chi connectivity index (χ3v) is 3.91. The summed E-state index contributed by atoms with van der Waals surface area (Å²) in [5, 5.41) is 0. The van der Waals surface area contributed by atoms with Crippen molar-refractivity contribution in [3.8, 4) is 0 Å². The first-order chi connectivity index (χ1) is 8.31. The minimum Gasteiger partial charge on any atom is -0.385 e. The highest BCUT2D eigenvalue weighted by atomic mass is 16.5. The van der Waals surface area contributed by atoms with E-state index in [2.05, 4.69) is 17.1 Å². The number of ether oxygens (including phenoxy) is 1. The molecule has 1 aliphatic heterocycles. The van der Waals surface area contributed by atoms with E-state index < -0.39 is 0 Å². The van der Waals surface area contributed by atoms with Crippen LogP contribution in [0.25, 0.3) is 0 Å². The lowest BCUT2D eigenvalue weighted by Gasteiger charge is -2.40. The molecule has 3 heteroatoms. The topological polar surface area (TPSA) is 29.5 Å². The molecule has 96 valence electrons. The Morgan fingerprint density at radius 2 is 2.35 bits per heavy atom. The third kappa shape index (κ3) is 3.39. The van der Waals surface area contributed by atoms with Crippen molar-refractivity contribution in [2.24, 2.45) is 5.92 Å². The number of carbonyl (C=O) groups is 1.